The van der Waals surface area contributed by atoms with Gasteiger partial charge in [0.15, 0.2) is 0 Å². The van der Waals surface area contributed by atoms with Crippen LogP contribution in [-0.2, 0) is 0 Å². The number of carbonyl (C=O) groups excluding carboxylic acids is 1. The summed E-state index contributed by atoms with van der Waals surface area (Å²) in [7, 11) is 0. The van der Waals surface area contributed by atoms with Gasteiger partial charge >= 0.3 is 0 Å². The molecular formula is C14H13Cl2N3O. The van der Waals surface area contributed by atoms with Crippen LogP contribution in [0.1, 0.15) is 17.3 Å². The molecule has 0 spiro atoms. The second-order valence-corrected chi connectivity index (χ2v) is 4.79. The smallest absolute Gasteiger partial charge is 0.257 e. The molecule has 0 saturated heterocycles. The van der Waals surface area contributed by atoms with Gasteiger partial charge in [-0.15, -0.1) is 0 Å². The minimum Gasteiger partial charge on any atom is -0.383 e. The number of benzene rings is 1. The van der Waals surface area contributed by atoms with Crippen LogP contribution in [0.2, 0.25) is 10.0 Å². The zero-order valence-corrected chi connectivity index (χ0v) is 12.3. The van der Waals surface area contributed by atoms with E-state index in [9.17, 15) is 4.79 Å². The van der Waals surface area contributed by atoms with Crippen molar-refractivity contribution >= 4 is 40.5 Å². The summed E-state index contributed by atoms with van der Waals surface area (Å²) in [6, 6.07) is 6.73. The first-order valence-electron chi connectivity index (χ1n) is 6.06. The molecule has 0 aliphatic heterocycles. The van der Waals surface area contributed by atoms with Crippen molar-refractivity contribution in [3.63, 3.8) is 0 Å². The normalized spacial score (nSPS) is 10.2. The van der Waals surface area contributed by atoms with Crippen molar-refractivity contribution in [2.24, 2.45) is 0 Å². The molecule has 1 aromatic carbocycles. The highest BCUT2D eigenvalue weighted by Gasteiger charge is 2.13. The lowest BCUT2D eigenvalue weighted by Crippen LogP contribution is -2.15. The van der Waals surface area contributed by atoms with Gasteiger partial charge in [0.05, 0.1) is 33.2 Å². The van der Waals surface area contributed by atoms with Crippen molar-refractivity contribution in [2.75, 3.05) is 17.2 Å². The maximum atomic E-state index is 12.3. The topological polar surface area (TPSA) is 54.0 Å². The Balaban J connectivity index is 2.26. The fraction of sp³-hybridized carbons (Fsp3) is 0.143. The zero-order chi connectivity index (χ0) is 14.5. The van der Waals surface area contributed by atoms with Crippen LogP contribution in [0.25, 0.3) is 0 Å². The van der Waals surface area contributed by atoms with E-state index >= 15 is 0 Å². The third-order valence-corrected chi connectivity index (χ3v) is 3.45. The zero-order valence-electron chi connectivity index (χ0n) is 10.8. The van der Waals surface area contributed by atoms with Crippen LogP contribution >= 0.6 is 23.2 Å². The molecule has 0 bridgehead atoms. The average Bonchev–Trinajstić information content (AvgIpc) is 2.45. The molecule has 0 radical (unpaired) electrons. The van der Waals surface area contributed by atoms with Crippen LogP contribution in [0, 0.1) is 0 Å². The Hall–Kier alpha value is -1.78. The molecule has 1 heterocycles. The quantitative estimate of drug-likeness (QED) is 0.895. The lowest BCUT2D eigenvalue weighted by atomic mass is 10.2. The summed E-state index contributed by atoms with van der Waals surface area (Å²) in [5.74, 6) is -0.271. The Morgan fingerprint density at radius 3 is 2.80 bits per heavy atom. The second kappa shape index (κ2) is 6.59. The van der Waals surface area contributed by atoms with Crippen LogP contribution in [0.4, 0.5) is 11.4 Å². The number of halogens is 2. The highest BCUT2D eigenvalue weighted by molar-refractivity contribution is 6.44. The van der Waals surface area contributed by atoms with Gasteiger partial charge in [-0.2, -0.15) is 0 Å². The first-order chi connectivity index (χ1) is 9.63. The first-order valence-corrected chi connectivity index (χ1v) is 6.82. The van der Waals surface area contributed by atoms with Crippen LogP contribution in [0.15, 0.2) is 36.7 Å². The average molecular weight is 310 g/mol. The summed E-state index contributed by atoms with van der Waals surface area (Å²) in [6.45, 7) is 2.65. The van der Waals surface area contributed by atoms with Gasteiger partial charge in [-0.1, -0.05) is 29.3 Å². The number of amides is 1. The van der Waals surface area contributed by atoms with E-state index in [-0.39, 0.29) is 5.91 Å². The number of nitrogens with zero attached hydrogens (tertiary/aromatic N) is 1. The van der Waals surface area contributed by atoms with E-state index in [0.717, 1.165) is 0 Å². The van der Waals surface area contributed by atoms with E-state index in [4.69, 9.17) is 23.2 Å². The summed E-state index contributed by atoms with van der Waals surface area (Å²) < 4.78 is 0. The van der Waals surface area contributed by atoms with Crippen molar-refractivity contribution in [2.45, 2.75) is 6.92 Å². The van der Waals surface area contributed by atoms with E-state index in [1.165, 1.54) is 0 Å². The van der Waals surface area contributed by atoms with Crippen LogP contribution in [0.3, 0.4) is 0 Å². The molecule has 0 saturated carbocycles. The van der Waals surface area contributed by atoms with Crippen molar-refractivity contribution in [1.29, 1.82) is 0 Å². The SMILES string of the molecule is CCNc1cnccc1C(=O)Nc1cccc(Cl)c1Cl. The van der Waals surface area contributed by atoms with Gasteiger partial charge in [-0.3, -0.25) is 9.78 Å². The van der Waals surface area contributed by atoms with E-state index in [1.54, 1.807) is 36.7 Å². The summed E-state index contributed by atoms with van der Waals surface area (Å²) in [4.78, 5) is 16.3. The van der Waals surface area contributed by atoms with Crippen LogP contribution in [0.5, 0.6) is 0 Å². The van der Waals surface area contributed by atoms with Gasteiger partial charge < -0.3 is 10.6 Å². The van der Waals surface area contributed by atoms with Gasteiger partial charge in [-0.25, -0.2) is 0 Å². The summed E-state index contributed by atoms with van der Waals surface area (Å²) in [5, 5.41) is 6.54. The molecule has 6 heteroatoms. The van der Waals surface area contributed by atoms with Crippen molar-refractivity contribution < 1.29 is 4.79 Å². The molecule has 2 aromatic rings. The molecule has 0 fully saturated rings. The summed E-state index contributed by atoms with van der Waals surface area (Å²) >= 11 is 12.0. The minimum absolute atomic E-state index is 0.271. The number of aromatic nitrogens is 1. The largest absolute Gasteiger partial charge is 0.383 e. The molecule has 2 rings (SSSR count). The Morgan fingerprint density at radius 1 is 1.25 bits per heavy atom. The number of nitrogens with one attached hydrogen (secondary N) is 2. The highest BCUT2D eigenvalue weighted by atomic mass is 35.5. The minimum atomic E-state index is -0.271. The van der Waals surface area contributed by atoms with Gasteiger partial charge in [0.2, 0.25) is 0 Å². The molecule has 4 nitrogen and oxygen atoms in total. The van der Waals surface area contributed by atoms with Gasteiger partial charge in [-0.05, 0) is 25.1 Å². The molecular weight excluding hydrogens is 297 g/mol. The number of anilines is 2. The fourth-order valence-electron chi connectivity index (χ4n) is 1.71. The third kappa shape index (κ3) is 3.21. The predicted molar refractivity (Wildman–Crippen MR) is 82.8 cm³/mol. The third-order valence-electron chi connectivity index (χ3n) is 2.63. The fourth-order valence-corrected chi connectivity index (χ4v) is 2.06. The molecule has 0 atom stereocenters. The van der Waals surface area contributed by atoms with Crippen LogP contribution in [-0.4, -0.2) is 17.4 Å². The lowest BCUT2D eigenvalue weighted by Gasteiger charge is -2.11. The predicted octanol–water partition coefficient (Wildman–Crippen LogP) is 4.07. The number of hydrogen-bond donors (Lipinski definition) is 2. The molecule has 1 amide bonds. The van der Waals surface area contributed by atoms with E-state index in [1.807, 2.05) is 6.92 Å². The number of pyridine rings is 1. The molecule has 104 valence electrons. The Kier molecular flexibility index (Phi) is 4.82. The Morgan fingerprint density at radius 2 is 2.05 bits per heavy atom. The molecule has 0 unspecified atom stereocenters. The number of hydrogen-bond acceptors (Lipinski definition) is 3. The molecule has 0 aliphatic rings. The molecule has 20 heavy (non-hydrogen) atoms. The maximum absolute atomic E-state index is 12.3. The standard InChI is InChI=1S/C14H13Cl2N3O/c1-2-18-12-8-17-7-6-9(12)14(20)19-11-5-3-4-10(15)13(11)16/h3-8,18H,2H2,1H3,(H,19,20). The number of rotatable bonds is 4. The van der Waals surface area contributed by atoms with E-state index in [0.29, 0.717) is 33.5 Å². The van der Waals surface area contributed by atoms with Gasteiger partial charge in [0, 0.05) is 12.7 Å². The van der Waals surface area contributed by atoms with Crippen molar-refractivity contribution in [3.05, 3.63) is 52.3 Å². The van der Waals surface area contributed by atoms with E-state index in [2.05, 4.69) is 15.6 Å². The monoisotopic (exact) mass is 309 g/mol. The summed E-state index contributed by atoms with van der Waals surface area (Å²) in [5.41, 5.74) is 1.65. The molecule has 2 N–H and O–H groups in total. The Bertz CT molecular complexity index is 632. The van der Waals surface area contributed by atoms with Gasteiger partial charge in [0.25, 0.3) is 5.91 Å². The molecule has 0 aliphatic carbocycles. The lowest BCUT2D eigenvalue weighted by molar-refractivity contribution is 0.102. The van der Waals surface area contributed by atoms with Crippen molar-refractivity contribution in [3.8, 4) is 0 Å². The van der Waals surface area contributed by atoms with Gasteiger partial charge in [0.1, 0.15) is 0 Å². The summed E-state index contributed by atoms with van der Waals surface area (Å²) in [6.07, 6.45) is 3.17. The number of carbonyl (C=O) groups is 1. The highest BCUT2D eigenvalue weighted by Crippen LogP contribution is 2.30. The maximum Gasteiger partial charge on any atom is 0.257 e. The van der Waals surface area contributed by atoms with Crippen molar-refractivity contribution in [1.82, 2.24) is 4.98 Å². The van der Waals surface area contributed by atoms with E-state index < -0.39 is 0 Å². The van der Waals surface area contributed by atoms with Crippen LogP contribution < -0.4 is 10.6 Å². The Labute approximate surface area is 127 Å². The molecule has 1 aromatic heterocycles. The second-order valence-electron chi connectivity index (χ2n) is 4.01. The first kappa shape index (κ1) is 14.6.